The van der Waals surface area contributed by atoms with Gasteiger partial charge in [-0.1, -0.05) is 36.4 Å². The molecule has 4 N–H and O–H groups in total. The molecule has 0 aliphatic carbocycles. The Morgan fingerprint density at radius 3 is 2.39 bits per heavy atom. The van der Waals surface area contributed by atoms with Crippen molar-refractivity contribution in [3.8, 4) is 22.4 Å². The summed E-state index contributed by atoms with van der Waals surface area (Å²) in [5.74, 6) is -1.66. The predicted molar refractivity (Wildman–Crippen MR) is 119 cm³/mol. The molecule has 0 spiro atoms. The maximum absolute atomic E-state index is 14.9. The number of carbonyl (C=O) groups excluding carboxylic acids is 2. The lowest BCUT2D eigenvalue weighted by molar-refractivity contribution is -0.136. The Labute approximate surface area is 180 Å². The van der Waals surface area contributed by atoms with Gasteiger partial charge in [0.25, 0.3) is 5.91 Å². The van der Waals surface area contributed by atoms with Crippen LogP contribution < -0.4 is 11.1 Å². The lowest BCUT2D eigenvalue weighted by atomic mass is 9.92. The molecule has 3 aromatic rings. The Balaban J connectivity index is 1.48. The minimum absolute atomic E-state index is 0.0820. The molecule has 160 valence electrons. The first-order valence-corrected chi connectivity index (χ1v) is 10.4. The normalized spacial score (nSPS) is 18.3. The van der Waals surface area contributed by atoms with Gasteiger partial charge in [0.15, 0.2) is 0 Å². The lowest BCUT2D eigenvalue weighted by Gasteiger charge is -2.12. The van der Waals surface area contributed by atoms with E-state index in [0.29, 0.717) is 18.5 Å². The maximum Gasteiger partial charge on any atom is 0.284 e. The van der Waals surface area contributed by atoms with Crippen LogP contribution in [0, 0.1) is 19.7 Å². The molecule has 1 saturated heterocycles. The van der Waals surface area contributed by atoms with Gasteiger partial charge in [-0.15, -0.1) is 0 Å². The second kappa shape index (κ2) is 8.47. The number of H-pyrrole nitrogens is 1. The monoisotopic (exact) mass is 419 g/mol. The summed E-state index contributed by atoms with van der Waals surface area (Å²) < 4.78 is 14.9. The lowest BCUT2D eigenvalue weighted by Crippen LogP contribution is -2.31. The maximum atomic E-state index is 14.9. The minimum atomic E-state index is -0.909. The molecule has 6 heteroatoms. The number of ketones is 1. The van der Waals surface area contributed by atoms with Crippen LogP contribution in [-0.2, 0) is 9.59 Å². The molecular weight excluding hydrogens is 393 g/mol. The molecule has 2 aromatic carbocycles. The van der Waals surface area contributed by atoms with Gasteiger partial charge in [-0.2, -0.15) is 0 Å². The van der Waals surface area contributed by atoms with Gasteiger partial charge in [-0.05, 0) is 60.6 Å². The summed E-state index contributed by atoms with van der Waals surface area (Å²) in [6, 6.07) is 15.2. The van der Waals surface area contributed by atoms with E-state index in [2.05, 4.69) is 23.3 Å². The zero-order chi connectivity index (χ0) is 22.1. The molecule has 2 atom stereocenters. The zero-order valence-electron chi connectivity index (χ0n) is 17.7. The van der Waals surface area contributed by atoms with Crippen LogP contribution in [0.15, 0.2) is 48.5 Å². The number of aryl methyl sites for hydroxylation is 2. The van der Waals surface area contributed by atoms with E-state index in [4.69, 9.17) is 5.73 Å². The van der Waals surface area contributed by atoms with Crippen LogP contribution in [0.3, 0.4) is 0 Å². The summed E-state index contributed by atoms with van der Waals surface area (Å²) in [5, 5.41) is 3.23. The van der Waals surface area contributed by atoms with Gasteiger partial charge in [0.05, 0.1) is 0 Å². The summed E-state index contributed by atoms with van der Waals surface area (Å²) in [4.78, 5) is 25.9. The number of aromatic amines is 1. The van der Waals surface area contributed by atoms with Crippen LogP contribution in [0.4, 0.5) is 4.39 Å². The largest absolute Gasteiger partial charge is 0.363 e. The standard InChI is InChI=1S/C25H26FN3O2/c1-14-9-23(29-15(14)2)17-5-3-16(4-6-17)21-8-7-18(11-22(21)26)19-10-20(28-13-19)12-24(30)25(27)31/h3-9,11,19-20,28-29H,10,12-13H2,1-2H3,(H2,27,31)/t19-,20?/m1/s1. The number of carbonyl (C=O) groups is 2. The Hall–Kier alpha value is -3.25. The molecule has 1 aliphatic rings. The molecule has 1 unspecified atom stereocenters. The van der Waals surface area contributed by atoms with E-state index in [1.807, 2.05) is 43.3 Å². The van der Waals surface area contributed by atoms with Crippen molar-refractivity contribution >= 4 is 11.7 Å². The van der Waals surface area contributed by atoms with Crippen molar-refractivity contribution in [3.05, 3.63) is 71.2 Å². The topological polar surface area (TPSA) is 88.0 Å². The highest BCUT2D eigenvalue weighted by atomic mass is 19.1. The van der Waals surface area contributed by atoms with E-state index >= 15 is 0 Å². The van der Waals surface area contributed by atoms with Crippen molar-refractivity contribution in [3.63, 3.8) is 0 Å². The van der Waals surface area contributed by atoms with E-state index in [-0.39, 0.29) is 24.2 Å². The van der Waals surface area contributed by atoms with Gasteiger partial charge in [-0.3, -0.25) is 9.59 Å². The first kappa shape index (κ1) is 21.0. The van der Waals surface area contributed by atoms with Crippen molar-refractivity contribution in [2.24, 2.45) is 5.73 Å². The molecule has 0 radical (unpaired) electrons. The Morgan fingerprint density at radius 2 is 1.77 bits per heavy atom. The van der Waals surface area contributed by atoms with Gasteiger partial charge < -0.3 is 16.0 Å². The van der Waals surface area contributed by atoms with Crippen molar-refractivity contribution in [1.82, 2.24) is 10.3 Å². The van der Waals surface area contributed by atoms with Crippen molar-refractivity contribution < 1.29 is 14.0 Å². The third-order valence-electron chi connectivity index (χ3n) is 6.17. The van der Waals surface area contributed by atoms with Crippen molar-refractivity contribution in [1.29, 1.82) is 0 Å². The molecule has 1 fully saturated rings. The number of hydrogen-bond acceptors (Lipinski definition) is 3. The Morgan fingerprint density at radius 1 is 1.06 bits per heavy atom. The highest BCUT2D eigenvalue weighted by molar-refractivity contribution is 6.35. The number of nitrogens with one attached hydrogen (secondary N) is 2. The van der Waals surface area contributed by atoms with Gasteiger partial charge in [0.2, 0.25) is 5.78 Å². The fraction of sp³-hybridized carbons (Fsp3) is 0.280. The smallest absolute Gasteiger partial charge is 0.284 e. The molecule has 5 nitrogen and oxygen atoms in total. The predicted octanol–water partition coefficient (Wildman–Crippen LogP) is 3.99. The molecule has 0 saturated carbocycles. The summed E-state index contributed by atoms with van der Waals surface area (Å²) >= 11 is 0. The average Bonchev–Trinajstić information content (AvgIpc) is 3.34. The second-order valence-corrected chi connectivity index (χ2v) is 8.34. The Kier molecular flexibility index (Phi) is 5.74. The van der Waals surface area contributed by atoms with Crippen LogP contribution >= 0.6 is 0 Å². The quantitative estimate of drug-likeness (QED) is 0.528. The van der Waals surface area contributed by atoms with E-state index in [0.717, 1.165) is 28.1 Å². The van der Waals surface area contributed by atoms with Crippen LogP contribution in [0.1, 0.15) is 35.6 Å². The zero-order valence-corrected chi connectivity index (χ0v) is 17.7. The number of primary amides is 1. The number of Topliss-reactive ketones (excluding diaryl/α,β-unsaturated/α-hetero) is 1. The third-order valence-corrected chi connectivity index (χ3v) is 6.17. The molecule has 0 bridgehead atoms. The van der Waals surface area contributed by atoms with E-state index < -0.39 is 11.7 Å². The molecule has 4 rings (SSSR count). The first-order chi connectivity index (χ1) is 14.8. The van der Waals surface area contributed by atoms with Crippen molar-refractivity contribution in [2.75, 3.05) is 6.54 Å². The molecule has 1 aliphatic heterocycles. The number of hydrogen-bond donors (Lipinski definition) is 3. The number of aromatic nitrogens is 1. The highest BCUT2D eigenvalue weighted by Crippen LogP contribution is 2.32. The fourth-order valence-corrected chi connectivity index (χ4v) is 4.22. The summed E-state index contributed by atoms with van der Waals surface area (Å²) in [6.07, 6.45) is 0.750. The second-order valence-electron chi connectivity index (χ2n) is 8.34. The van der Waals surface area contributed by atoms with Gasteiger partial charge in [0.1, 0.15) is 5.82 Å². The SMILES string of the molecule is Cc1cc(-c2ccc(-c3ccc([C@H]4CNC(CC(=O)C(N)=O)C4)cc3F)cc2)[nH]c1C. The molecule has 1 aromatic heterocycles. The van der Waals surface area contributed by atoms with E-state index in [1.165, 1.54) is 5.56 Å². The third kappa shape index (κ3) is 4.44. The van der Waals surface area contributed by atoms with Crippen LogP contribution in [0.2, 0.25) is 0 Å². The number of amides is 1. The van der Waals surface area contributed by atoms with E-state index in [1.54, 1.807) is 6.07 Å². The molecule has 31 heavy (non-hydrogen) atoms. The van der Waals surface area contributed by atoms with Gasteiger partial charge in [0, 0.05) is 36.0 Å². The summed E-state index contributed by atoms with van der Waals surface area (Å²) in [5.41, 5.74) is 11.8. The number of halogens is 1. The van der Waals surface area contributed by atoms with Crippen LogP contribution in [0.25, 0.3) is 22.4 Å². The highest BCUT2D eigenvalue weighted by Gasteiger charge is 2.28. The molecule has 2 heterocycles. The Bertz CT molecular complexity index is 1110. The molecule has 1 amide bonds. The van der Waals surface area contributed by atoms with Crippen molar-refractivity contribution in [2.45, 2.75) is 38.6 Å². The minimum Gasteiger partial charge on any atom is -0.363 e. The number of benzene rings is 2. The molecular formula is C25H26FN3O2. The first-order valence-electron chi connectivity index (χ1n) is 10.4. The summed E-state index contributed by atoms with van der Waals surface area (Å²) in [7, 11) is 0. The fourth-order valence-electron chi connectivity index (χ4n) is 4.22. The van der Waals surface area contributed by atoms with Crippen LogP contribution in [0.5, 0.6) is 0 Å². The average molecular weight is 420 g/mol. The number of rotatable bonds is 6. The summed E-state index contributed by atoms with van der Waals surface area (Å²) in [6.45, 7) is 4.75. The van der Waals surface area contributed by atoms with Gasteiger partial charge >= 0.3 is 0 Å². The van der Waals surface area contributed by atoms with E-state index in [9.17, 15) is 14.0 Å². The van der Waals surface area contributed by atoms with Crippen LogP contribution in [-0.4, -0.2) is 29.3 Å². The van der Waals surface area contributed by atoms with Gasteiger partial charge in [-0.25, -0.2) is 4.39 Å². The number of nitrogens with two attached hydrogens (primary N) is 1.